The molecule has 0 atom stereocenters. The summed E-state index contributed by atoms with van der Waals surface area (Å²) in [6.45, 7) is 3.43. The molecule has 0 aliphatic heterocycles. The average molecular weight is 264 g/mol. The number of methoxy groups -OCH3 is 1. The van der Waals surface area contributed by atoms with Gasteiger partial charge in [-0.2, -0.15) is 4.98 Å². The van der Waals surface area contributed by atoms with Gasteiger partial charge in [-0.15, -0.1) is 0 Å². The van der Waals surface area contributed by atoms with Gasteiger partial charge < -0.3 is 15.0 Å². The van der Waals surface area contributed by atoms with Crippen LogP contribution in [0.15, 0.2) is 10.6 Å². The molecule has 0 saturated carbocycles. The number of hydrogen-bond donors (Lipinski definition) is 1. The lowest BCUT2D eigenvalue weighted by Gasteiger charge is -2.08. The van der Waals surface area contributed by atoms with Crippen LogP contribution in [0, 0.1) is 24.0 Å². The molecule has 0 unspecified atom stereocenters. The molecule has 0 aromatic carbocycles. The van der Waals surface area contributed by atoms with Crippen LogP contribution in [0.4, 0.5) is 11.5 Å². The van der Waals surface area contributed by atoms with Crippen molar-refractivity contribution in [3.8, 4) is 17.0 Å². The third-order valence-corrected chi connectivity index (χ3v) is 2.69. The third-order valence-electron chi connectivity index (χ3n) is 2.69. The number of nitrogen functional groups attached to an aromatic ring is 1. The van der Waals surface area contributed by atoms with Crippen LogP contribution in [0.25, 0.3) is 11.1 Å². The summed E-state index contributed by atoms with van der Waals surface area (Å²) < 4.78 is 10.2. The van der Waals surface area contributed by atoms with Crippen LogP contribution in [-0.2, 0) is 0 Å². The number of nitrogens with zero attached hydrogens (tertiary/aromatic N) is 3. The minimum Gasteiger partial charge on any atom is -0.480 e. The molecule has 0 spiro atoms. The molecule has 0 radical (unpaired) electrons. The SMILES string of the molecule is COc1nc(N)c([N+](=O)[O-])cc1-c1c(C)noc1C. The summed E-state index contributed by atoms with van der Waals surface area (Å²) in [6.07, 6.45) is 0. The molecule has 2 heterocycles. The predicted octanol–water partition coefficient (Wildman–Crippen LogP) is 1.85. The van der Waals surface area contributed by atoms with E-state index in [1.165, 1.54) is 13.2 Å². The Morgan fingerprint density at radius 2 is 2.16 bits per heavy atom. The van der Waals surface area contributed by atoms with E-state index in [9.17, 15) is 10.1 Å². The number of ether oxygens (including phenoxy) is 1. The second-order valence-electron chi connectivity index (χ2n) is 3.91. The molecular weight excluding hydrogens is 252 g/mol. The predicted molar refractivity (Wildman–Crippen MR) is 66.8 cm³/mol. The number of anilines is 1. The molecule has 100 valence electrons. The Balaban J connectivity index is 2.75. The van der Waals surface area contributed by atoms with E-state index in [4.69, 9.17) is 15.0 Å². The molecular formula is C11H12N4O4. The van der Waals surface area contributed by atoms with Gasteiger partial charge in [0.1, 0.15) is 5.76 Å². The lowest BCUT2D eigenvalue weighted by atomic mass is 10.1. The van der Waals surface area contributed by atoms with Gasteiger partial charge in [0.25, 0.3) is 0 Å². The van der Waals surface area contributed by atoms with Gasteiger partial charge in [-0.3, -0.25) is 10.1 Å². The molecule has 2 aromatic rings. The number of aromatic nitrogens is 2. The van der Waals surface area contributed by atoms with Gasteiger partial charge in [0.2, 0.25) is 11.7 Å². The van der Waals surface area contributed by atoms with E-state index < -0.39 is 4.92 Å². The van der Waals surface area contributed by atoms with Crippen LogP contribution in [0.3, 0.4) is 0 Å². The highest BCUT2D eigenvalue weighted by atomic mass is 16.6. The van der Waals surface area contributed by atoms with Crippen molar-refractivity contribution in [3.63, 3.8) is 0 Å². The lowest BCUT2D eigenvalue weighted by Crippen LogP contribution is -2.02. The lowest BCUT2D eigenvalue weighted by molar-refractivity contribution is -0.384. The van der Waals surface area contributed by atoms with Crippen LogP contribution in [-0.4, -0.2) is 22.2 Å². The Morgan fingerprint density at radius 3 is 2.63 bits per heavy atom. The highest BCUT2D eigenvalue weighted by molar-refractivity contribution is 5.77. The van der Waals surface area contributed by atoms with Crippen molar-refractivity contribution in [1.29, 1.82) is 0 Å². The van der Waals surface area contributed by atoms with Gasteiger partial charge in [0, 0.05) is 6.07 Å². The molecule has 19 heavy (non-hydrogen) atoms. The van der Waals surface area contributed by atoms with Crippen LogP contribution in [0.1, 0.15) is 11.5 Å². The third kappa shape index (κ3) is 2.07. The molecule has 0 amide bonds. The van der Waals surface area contributed by atoms with Gasteiger partial charge >= 0.3 is 5.69 Å². The number of hydrogen-bond acceptors (Lipinski definition) is 7. The quantitative estimate of drug-likeness (QED) is 0.663. The van der Waals surface area contributed by atoms with Crippen LogP contribution >= 0.6 is 0 Å². The zero-order valence-corrected chi connectivity index (χ0v) is 10.6. The summed E-state index contributed by atoms with van der Waals surface area (Å²) in [4.78, 5) is 14.2. The number of rotatable bonds is 3. The van der Waals surface area contributed by atoms with E-state index in [0.717, 1.165) is 0 Å². The molecule has 0 saturated heterocycles. The van der Waals surface area contributed by atoms with E-state index >= 15 is 0 Å². The van der Waals surface area contributed by atoms with Crippen LogP contribution in [0.2, 0.25) is 0 Å². The second kappa shape index (κ2) is 4.56. The van der Waals surface area contributed by atoms with E-state index in [2.05, 4.69) is 10.1 Å². The Hall–Kier alpha value is -2.64. The molecule has 2 N–H and O–H groups in total. The monoisotopic (exact) mass is 264 g/mol. The number of pyridine rings is 1. The number of nitro groups is 1. The summed E-state index contributed by atoms with van der Waals surface area (Å²) in [5, 5.41) is 14.7. The molecule has 8 heteroatoms. The maximum Gasteiger partial charge on any atom is 0.312 e. The largest absolute Gasteiger partial charge is 0.480 e. The minimum absolute atomic E-state index is 0.192. The minimum atomic E-state index is -0.594. The van der Waals surface area contributed by atoms with E-state index in [1.54, 1.807) is 13.8 Å². The maximum atomic E-state index is 10.9. The average Bonchev–Trinajstić information content (AvgIpc) is 2.68. The Kier molecular flexibility index (Phi) is 3.07. The highest BCUT2D eigenvalue weighted by Gasteiger charge is 2.23. The van der Waals surface area contributed by atoms with Crippen molar-refractivity contribution in [2.24, 2.45) is 0 Å². The Labute approximate surface area is 108 Å². The fraction of sp³-hybridized carbons (Fsp3) is 0.273. The van der Waals surface area contributed by atoms with Crippen molar-refractivity contribution in [3.05, 3.63) is 27.6 Å². The molecule has 0 aliphatic carbocycles. The van der Waals surface area contributed by atoms with Crippen molar-refractivity contribution in [1.82, 2.24) is 10.1 Å². The highest BCUT2D eigenvalue weighted by Crippen LogP contribution is 2.37. The van der Waals surface area contributed by atoms with Crippen molar-refractivity contribution in [2.45, 2.75) is 13.8 Å². The normalized spacial score (nSPS) is 10.5. The summed E-state index contributed by atoms with van der Waals surface area (Å²) in [5.41, 5.74) is 6.89. The molecule has 0 bridgehead atoms. The van der Waals surface area contributed by atoms with E-state index in [0.29, 0.717) is 22.6 Å². The molecule has 2 aromatic heterocycles. The maximum absolute atomic E-state index is 10.9. The summed E-state index contributed by atoms with van der Waals surface area (Å²) in [5.74, 6) is 0.520. The summed E-state index contributed by atoms with van der Waals surface area (Å²) in [6, 6.07) is 1.31. The number of nitrogens with two attached hydrogens (primary N) is 1. The fourth-order valence-corrected chi connectivity index (χ4v) is 1.85. The van der Waals surface area contributed by atoms with Crippen LogP contribution in [0.5, 0.6) is 5.88 Å². The van der Waals surface area contributed by atoms with Crippen molar-refractivity contribution < 1.29 is 14.2 Å². The van der Waals surface area contributed by atoms with Crippen molar-refractivity contribution >= 4 is 11.5 Å². The van der Waals surface area contributed by atoms with Crippen LogP contribution < -0.4 is 10.5 Å². The second-order valence-corrected chi connectivity index (χ2v) is 3.91. The van der Waals surface area contributed by atoms with Gasteiger partial charge in [0.05, 0.1) is 28.9 Å². The molecule has 2 rings (SSSR count). The molecule has 0 aliphatic rings. The first kappa shape index (κ1) is 12.8. The zero-order chi connectivity index (χ0) is 14.2. The first-order valence-electron chi connectivity index (χ1n) is 5.37. The molecule has 0 fully saturated rings. The van der Waals surface area contributed by atoms with E-state index in [1.807, 2.05) is 0 Å². The first-order valence-corrected chi connectivity index (χ1v) is 5.37. The fourth-order valence-electron chi connectivity index (χ4n) is 1.85. The Bertz CT molecular complexity index is 631. The van der Waals surface area contributed by atoms with Crippen molar-refractivity contribution in [2.75, 3.05) is 12.8 Å². The summed E-state index contributed by atoms with van der Waals surface area (Å²) in [7, 11) is 1.41. The van der Waals surface area contributed by atoms with Gasteiger partial charge in [0.15, 0.2) is 0 Å². The zero-order valence-electron chi connectivity index (χ0n) is 10.6. The molecule has 8 nitrogen and oxygen atoms in total. The van der Waals surface area contributed by atoms with Gasteiger partial charge in [-0.05, 0) is 13.8 Å². The van der Waals surface area contributed by atoms with Gasteiger partial charge in [-0.1, -0.05) is 5.16 Å². The van der Waals surface area contributed by atoms with E-state index in [-0.39, 0.29) is 17.4 Å². The standard InChI is InChI=1S/C11H12N4O4/c1-5-9(6(2)19-14-5)7-4-8(15(16)17)10(12)13-11(7)18-3/h4H,1-3H3,(H2,12,13). The van der Waals surface area contributed by atoms with Gasteiger partial charge in [-0.25, -0.2) is 0 Å². The summed E-state index contributed by atoms with van der Waals surface area (Å²) >= 11 is 0. The smallest absolute Gasteiger partial charge is 0.312 e. The Morgan fingerprint density at radius 1 is 1.47 bits per heavy atom. The number of aryl methyl sites for hydroxylation is 2. The first-order chi connectivity index (χ1) is 8.95. The topological polar surface area (TPSA) is 117 Å².